The summed E-state index contributed by atoms with van der Waals surface area (Å²) in [6.45, 7) is 0.576. The van der Waals surface area contributed by atoms with Crippen molar-refractivity contribution in [1.29, 1.82) is 0 Å². The zero-order chi connectivity index (χ0) is 10.9. The van der Waals surface area contributed by atoms with E-state index in [1.165, 1.54) is 12.1 Å². The molecule has 0 aliphatic carbocycles. The molecule has 1 aromatic rings. The first kappa shape index (κ1) is 10.5. The number of hydrogen-bond acceptors (Lipinski definition) is 2. The van der Waals surface area contributed by atoms with E-state index >= 15 is 0 Å². The van der Waals surface area contributed by atoms with E-state index in [0.29, 0.717) is 19.4 Å². The van der Waals surface area contributed by atoms with Gasteiger partial charge in [0.15, 0.2) is 11.6 Å². The van der Waals surface area contributed by atoms with E-state index < -0.39 is 17.2 Å². The molecule has 1 aliphatic heterocycles. The van der Waals surface area contributed by atoms with E-state index in [-0.39, 0.29) is 12.2 Å². The molecule has 0 aromatic heterocycles. The molecule has 1 saturated heterocycles. The maximum atomic E-state index is 13.4. The first-order valence-corrected chi connectivity index (χ1v) is 4.88. The van der Waals surface area contributed by atoms with E-state index in [1.807, 2.05) is 0 Å². The van der Waals surface area contributed by atoms with Crippen molar-refractivity contribution in [2.45, 2.75) is 18.4 Å². The van der Waals surface area contributed by atoms with Crippen LogP contribution >= 0.6 is 0 Å². The Hall–Kier alpha value is -1.00. The molecule has 1 aliphatic rings. The van der Waals surface area contributed by atoms with Crippen LogP contribution in [0.4, 0.5) is 8.78 Å². The summed E-state index contributed by atoms with van der Waals surface area (Å²) in [5.41, 5.74) is -1.40. The minimum atomic E-state index is -1.38. The summed E-state index contributed by atoms with van der Waals surface area (Å²) in [5.74, 6) is -1.92. The average Bonchev–Trinajstić information content (AvgIpc) is 2.23. The van der Waals surface area contributed by atoms with Gasteiger partial charge in [0.2, 0.25) is 0 Å². The molecule has 4 heteroatoms. The topological polar surface area (TPSA) is 29.5 Å². The highest BCUT2D eigenvalue weighted by molar-refractivity contribution is 5.25. The number of aliphatic hydroxyl groups is 1. The molecule has 0 amide bonds. The maximum absolute atomic E-state index is 13.4. The van der Waals surface area contributed by atoms with Crippen LogP contribution in [0.1, 0.15) is 18.4 Å². The number of halogens is 2. The Balaban J connectivity index is 2.39. The summed E-state index contributed by atoms with van der Waals surface area (Å²) in [4.78, 5) is 0. The van der Waals surface area contributed by atoms with Crippen LogP contribution in [0.15, 0.2) is 18.2 Å². The van der Waals surface area contributed by atoms with Gasteiger partial charge in [0, 0.05) is 12.2 Å². The smallest absolute Gasteiger partial charge is 0.164 e. The zero-order valence-corrected chi connectivity index (χ0v) is 8.17. The highest BCUT2D eigenvalue weighted by Crippen LogP contribution is 2.32. The zero-order valence-electron chi connectivity index (χ0n) is 8.17. The van der Waals surface area contributed by atoms with Gasteiger partial charge in [-0.15, -0.1) is 0 Å². The summed E-state index contributed by atoms with van der Waals surface area (Å²) >= 11 is 0. The highest BCUT2D eigenvalue weighted by Gasteiger charge is 2.35. The third kappa shape index (κ3) is 1.87. The molecular weight excluding hydrogens is 202 g/mol. The standard InChI is InChI=1S/C11H12F2O2/c12-9-4-1-3-8(10(9)13)11(14)5-2-6-15-7-11/h1,3-4,14H,2,5-7H2. The maximum Gasteiger partial charge on any atom is 0.164 e. The lowest BCUT2D eigenvalue weighted by atomic mass is 9.88. The van der Waals surface area contributed by atoms with Crippen molar-refractivity contribution in [3.63, 3.8) is 0 Å². The molecule has 82 valence electrons. The Bertz CT molecular complexity index is 360. The van der Waals surface area contributed by atoms with Crippen molar-refractivity contribution >= 4 is 0 Å². The largest absolute Gasteiger partial charge is 0.383 e. The SMILES string of the molecule is OC1(c2cccc(F)c2F)CCCOC1. The number of benzene rings is 1. The van der Waals surface area contributed by atoms with Gasteiger partial charge in [0.05, 0.1) is 6.61 Å². The van der Waals surface area contributed by atoms with Crippen molar-refractivity contribution in [2.24, 2.45) is 0 Å². The Morgan fingerprint density at radius 1 is 1.33 bits per heavy atom. The monoisotopic (exact) mass is 214 g/mol. The molecule has 1 N–H and O–H groups in total. The van der Waals surface area contributed by atoms with Gasteiger partial charge in [-0.2, -0.15) is 0 Å². The summed E-state index contributed by atoms with van der Waals surface area (Å²) < 4.78 is 31.5. The fourth-order valence-electron chi connectivity index (χ4n) is 1.86. The van der Waals surface area contributed by atoms with Crippen molar-refractivity contribution in [2.75, 3.05) is 13.2 Å². The molecule has 0 bridgehead atoms. The van der Waals surface area contributed by atoms with Crippen molar-refractivity contribution in [1.82, 2.24) is 0 Å². The fourth-order valence-corrected chi connectivity index (χ4v) is 1.86. The normalized spacial score (nSPS) is 26.6. The first-order valence-electron chi connectivity index (χ1n) is 4.88. The molecule has 15 heavy (non-hydrogen) atoms. The van der Waals surface area contributed by atoms with Crippen LogP contribution in [0.25, 0.3) is 0 Å². The van der Waals surface area contributed by atoms with E-state index in [2.05, 4.69) is 0 Å². The minimum Gasteiger partial charge on any atom is -0.383 e. The summed E-state index contributed by atoms with van der Waals surface area (Å²) in [7, 11) is 0. The lowest BCUT2D eigenvalue weighted by Gasteiger charge is -2.32. The van der Waals surface area contributed by atoms with Crippen LogP contribution in [-0.4, -0.2) is 18.3 Å². The molecule has 0 radical (unpaired) electrons. The Morgan fingerprint density at radius 3 is 2.80 bits per heavy atom. The van der Waals surface area contributed by atoms with Crippen LogP contribution in [0.5, 0.6) is 0 Å². The second-order valence-corrected chi connectivity index (χ2v) is 3.79. The minimum absolute atomic E-state index is 0.0119. The van der Waals surface area contributed by atoms with Gasteiger partial charge >= 0.3 is 0 Å². The molecule has 0 spiro atoms. The van der Waals surface area contributed by atoms with Gasteiger partial charge in [0.25, 0.3) is 0 Å². The predicted octanol–water partition coefficient (Wildman–Crippen LogP) is 1.96. The third-order valence-corrected chi connectivity index (χ3v) is 2.67. The number of rotatable bonds is 1. The molecule has 1 atom stereocenters. The number of ether oxygens (including phenoxy) is 1. The van der Waals surface area contributed by atoms with Gasteiger partial charge in [-0.1, -0.05) is 12.1 Å². The van der Waals surface area contributed by atoms with Crippen LogP contribution in [-0.2, 0) is 10.3 Å². The van der Waals surface area contributed by atoms with Gasteiger partial charge in [-0.25, -0.2) is 8.78 Å². The van der Waals surface area contributed by atoms with Crippen LogP contribution < -0.4 is 0 Å². The summed E-state index contributed by atoms with van der Waals surface area (Å²) in [6, 6.07) is 3.82. The van der Waals surface area contributed by atoms with Crippen molar-refractivity contribution < 1.29 is 18.6 Å². The highest BCUT2D eigenvalue weighted by atomic mass is 19.2. The lowest BCUT2D eigenvalue weighted by molar-refractivity contribution is -0.0923. The lowest BCUT2D eigenvalue weighted by Crippen LogP contribution is -2.36. The average molecular weight is 214 g/mol. The molecule has 1 fully saturated rings. The van der Waals surface area contributed by atoms with Gasteiger partial charge < -0.3 is 9.84 Å². The van der Waals surface area contributed by atoms with E-state index in [1.54, 1.807) is 0 Å². The quantitative estimate of drug-likeness (QED) is 0.774. The summed E-state index contributed by atoms with van der Waals surface area (Å²) in [6.07, 6.45) is 1.04. The number of hydrogen-bond donors (Lipinski definition) is 1. The van der Waals surface area contributed by atoms with Crippen LogP contribution in [0, 0.1) is 11.6 Å². The second kappa shape index (κ2) is 3.87. The summed E-state index contributed by atoms with van der Waals surface area (Å²) in [5, 5.41) is 10.1. The molecule has 1 heterocycles. The molecule has 1 aromatic carbocycles. The molecule has 2 rings (SSSR count). The molecule has 1 unspecified atom stereocenters. The van der Waals surface area contributed by atoms with Gasteiger partial charge in [0.1, 0.15) is 5.60 Å². The molecular formula is C11H12F2O2. The van der Waals surface area contributed by atoms with Crippen LogP contribution in [0.2, 0.25) is 0 Å². The predicted molar refractivity (Wildman–Crippen MR) is 50.3 cm³/mol. The third-order valence-electron chi connectivity index (χ3n) is 2.67. The van der Waals surface area contributed by atoms with Crippen molar-refractivity contribution in [3.8, 4) is 0 Å². The Kier molecular flexibility index (Phi) is 2.71. The van der Waals surface area contributed by atoms with E-state index in [9.17, 15) is 13.9 Å². The Morgan fingerprint density at radius 2 is 2.13 bits per heavy atom. The second-order valence-electron chi connectivity index (χ2n) is 3.79. The van der Waals surface area contributed by atoms with Gasteiger partial charge in [-0.05, 0) is 18.9 Å². The van der Waals surface area contributed by atoms with Gasteiger partial charge in [-0.3, -0.25) is 0 Å². The molecule has 0 saturated carbocycles. The van der Waals surface area contributed by atoms with Crippen LogP contribution in [0.3, 0.4) is 0 Å². The van der Waals surface area contributed by atoms with E-state index in [4.69, 9.17) is 4.74 Å². The van der Waals surface area contributed by atoms with E-state index in [0.717, 1.165) is 6.07 Å². The fraction of sp³-hybridized carbons (Fsp3) is 0.455. The Labute approximate surface area is 86.5 Å². The van der Waals surface area contributed by atoms with Crippen molar-refractivity contribution in [3.05, 3.63) is 35.4 Å². The molecule has 2 nitrogen and oxygen atoms in total. The first-order chi connectivity index (χ1) is 7.13.